The summed E-state index contributed by atoms with van der Waals surface area (Å²) in [5, 5.41) is 16.4. The standard InChI is InChI=1S/C30H32ClN3O3/c1-33-30(37-27-16-14-24(31)15-17-27)28(29(32-33)23-8-4-2-5-9-23)20-34(18-22-12-13-22)19-25(35)21-36-26-10-6-3-7-11-26/h2-11,14-17,22,25,35H,12-13,18-21H2,1H3. The summed E-state index contributed by atoms with van der Waals surface area (Å²) in [6, 6.07) is 27.1. The number of hydrogen-bond acceptors (Lipinski definition) is 5. The number of aliphatic hydroxyl groups excluding tert-OH is 1. The Labute approximate surface area is 223 Å². The average molecular weight is 518 g/mol. The average Bonchev–Trinajstić information content (AvgIpc) is 3.69. The summed E-state index contributed by atoms with van der Waals surface area (Å²) >= 11 is 6.08. The number of aliphatic hydroxyl groups is 1. The van der Waals surface area contributed by atoms with Crippen molar-refractivity contribution in [2.45, 2.75) is 25.5 Å². The van der Waals surface area contributed by atoms with Gasteiger partial charge in [-0.25, -0.2) is 4.68 Å². The highest BCUT2D eigenvalue weighted by Gasteiger charge is 2.28. The molecule has 3 aromatic carbocycles. The summed E-state index contributed by atoms with van der Waals surface area (Å²) in [5.74, 6) is 2.78. The molecule has 1 atom stereocenters. The van der Waals surface area contributed by atoms with Crippen LogP contribution < -0.4 is 9.47 Å². The quantitative estimate of drug-likeness (QED) is 0.243. The number of para-hydroxylation sites is 1. The molecule has 1 aromatic heterocycles. The second kappa shape index (κ2) is 11.8. The van der Waals surface area contributed by atoms with Gasteiger partial charge in [-0.1, -0.05) is 60.1 Å². The molecule has 7 heteroatoms. The van der Waals surface area contributed by atoms with Crippen molar-refractivity contribution < 1.29 is 14.6 Å². The molecule has 1 aliphatic carbocycles. The first kappa shape index (κ1) is 25.3. The molecule has 0 saturated heterocycles. The van der Waals surface area contributed by atoms with E-state index in [-0.39, 0.29) is 6.61 Å². The molecule has 4 aromatic rings. The molecule has 1 N–H and O–H groups in total. The zero-order chi connectivity index (χ0) is 25.6. The number of rotatable bonds is 12. The first-order chi connectivity index (χ1) is 18.0. The highest BCUT2D eigenvalue weighted by Crippen LogP contribution is 2.36. The summed E-state index contributed by atoms with van der Waals surface area (Å²) < 4.78 is 14.0. The van der Waals surface area contributed by atoms with Gasteiger partial charge in [0.2, 0.25) is 5.88 Å². The molecule has 6 nitrogen and oxygen atoms in total. The molecule has 1 saturated carbocycles. The SMILES string of the molecule is Cn1nc(-c2ccccc2)c(CN(CC(O)COc2ccccc2)CC2CC2)c1Oc1ccc(Cl)cc1. The zero-order valence-electron chi connectivity index (χ0n) is 21.0. The van der Waals surface area contributed by atoms with Gasteiger partial charge in [0.05, 0.1) is 5.56 Å². The van der Waals surface area contributed by atoms with E-state index in [1.807, 2.05) is 79.8 Å². The molecule has 0 bridgehead atoms. The molecule has 192 valence electrons. The Balaban J connectivity index is 1.40. The van der Waals surface area contributed by atoms with Crippen molar-refractivity contribution in [3.05, 3.63) is 95.5 Å². The van der Waals surface area contributed by atoms with Crippen LogP contribution in [0.15, 0.2) is 84.9 Å². The van der Waals surface area contributed by atoms with Crippen LogP contribution in [-0.4, -0.2) is 45.6 Å². The van der Waals surface area contributed by atoms with Crippen LogP contribution in [0, 0.1) is 5.92 Å². The Bertz CT molecular complexity index is 1270. The van der Waals surface area contributed by atoms with E-state index in [0.29, 0.717) is 35.7 Å². The largest absolute Gasteiger partial charge is 0.491 e. The summed E-state index contributed by atoms with van der Waals surface area (Å²) in [6.07, 6.45) is 1.82. The van der Waals surface area contributed by atoms with Gasteiger partial charge in [-0.05, 0) is 55.2 Å². The Morgan fingerprint density at radius 3 is 2.32 bits per heavy atom. The fraction of sp³-hybridized carbons (Fsp3) is 0.300. The summed E-state index contributed by atoms with van der Waals surface area (Å²) in [4.78, 5) is 2.30. The topological polar surface area (TPSA) is 59.8 Å². The van der Waals surface area contributed by atoms with Gasteiger partial charge in [0.1, 0.15) is 29.9 Å². The molecule has 1 aliphatic rings. The minimum absolute atomic E-state index is 0.234. The molecular weight excluding hydrogens is 486 g/mol. The van der Waals surface area contributed by atoms with Gasteiger partial charge in [0, 0.05) is 37.3 Å². The molecule has 0 aliphatic heterocycles. The van der Waals surface area contributed by atoms with Crippen molar-refractivity contribution in [3.8, 4) is 28.6 Å². The number of nitrogens with zero attached hydrogens (tertiary/aromatic N) is 3. The van der Waals surface area contributed by atoms with Crippen LogP contribution in [0.5, 0.6) is 17.4 Å². The molecule has 1 heterocycles. The van der Waals surface area contributed by atoms with Crippen LogP contribution in [0.2, 0.25) is 5.02 Å². The van der Waals surface area contributed by atoms with Crippen molar-refractivity contribution in [3.63, 3.8) is 0 Å². The number of halogens is 1. The summed E-state index contributed by atoms with van der Waals surface area (Å²) in [5.41, 5.74) is 2.89. The number of aryl methyl sites for hydroxylation is 1. The summed E-state index contributed by atoms with van der Waals surface area (Å²) in [7, 11) is 1.90. The second-order valence-corrected chi connectivity index (χ2v) is 10.0. The lowest BCUT2D eigenvalue weighted by atomic mass is 10.1. The lowest BCUT2D eigenvalue weighted by molar-refractivity contribution is 0.0637. The van der Waals surface area contributed by atoms with E-state index in [1.165, 1.54) is 12.8 Å². The van der Waals surface area contributed by atoms with Crippen molar-refractivity contribution in [1.29, 1.82) is 0 Å². The van der Waals surface area contributed by atoms with Crippen molar-refractivity contribution >= 4 is 11.6 Å². The van der Waals surface area contributed by atoms with Crippen LogP contribution in [0.25, 0.3) is 11.3 Å². The van der Waals surface area contributed by atoms with Gasteiger partial charge in [-0.15, -0.1) is 0 Å². The third-order valence-electron chi connectivity index (χ3n) is 6.41. The van der Waals surface area contributed by atoms with Crippen molar-refractivity contribution in [1.82, 2.24) is 14.7 Å². The Morgan fingerprint density at radius 1 is 0.973 bits per heavy atom. The zero-order valence-corrected chi connectivity index (χ0v) is 21.7. The van der Waals surface area contributed by atoms with E-state index in [4.69, 9.17) is 26.2 Å². The number of ether oxygens (including phenoxy) is 2. The molecule has 1 unspecified atom stereocenters. The predicted octanol–water partition coefficient (Wildman–Crippen LogP) is 6.18. The maximum absolute atomic E-state index is 10.9. The molecule has 5 rings (SSSR count). The first-order valence-electron chi connectivity index (χ1n) is 12.7. The summed E-state index contributed by atoms with van der Waals surface area (Å²) in [6.45, 7) is 2.23. The monoisotopic (exact) mass is 517 g/mol. The second-order valence-electron chi connectivity index (χ2n) is 9.59. The third kappa shape index (κ3) is 6.92. The lowest BCUT2D eigenvalue weighted by Crippen LogP contribution is -2.36. The fourth-order valence-electron chi connectivity index (χ4n) is 4.42. The van der Waals surface area contributed by atoms with E-state index in [1.54, 1.807) is 4.68 Å². The minimum atomic E-state index is -0.628. The number of aromatic nitrogens is 2. The molecule has 1 fully saturated rings. The van der Waals surface area contributed by atoms with Crippen LogP contribution >= 0.6 is 11.6 Å². The van der Waals surface area contributed by atoms with Gasteiger partial charge in [-0.3, -0.25) is 4.90 Å². The van der Waals surface area contributed by atoms with E-state index in [2.05, 4.69) is 17.0 Å². The maximum Gasteiger partial charge on any atom is 0.222 e. The van der Waals surface area contributed by atoms with E-state index in [9.17, 15) is 5.11 Å². The first-order valence-corrected chi connectivity index (χ1v) is 13.1. The van der Waals surface area contributed by atoms with E-state index >= 15 is 0 Å². The highest BCUT2D eigenvalue weighted by molar-refractivity contribution is 6.30. The van der Waals surface area contributed by atoms with Crippen molar-refractivity contribution in [2.24, 2.45) is 13.0 Å². The Morgan fingerprint density at radius 2 is 1.65 bits per heavy atom. The third-order valence-corrected chi connectivity index (χ3v) is 6.66. The fourth-order valence-corrected chi connectivity index (χ4v) is 4.54. The van der Waals surface area contributed by atoms with Crippen LogP contribution in [0.3, 0.4) is 0 Å². The minimum Gasteiger partial charge on any atom is -0.491 e. The molecule has 0 spiro atoms. The smallest absolute Gasteiger partial charge is 0.222 e. The molecule has 37 heavy (non-hydrogen) atoms. The van der Waals surface area contributed by atoms with Gasteiger partial charge >= 0.3 is 0 Å². The number of hydrogen-bond donors (Lipinski definition) is 1. The van der Waals surface area contributed by atoms with Crippen LogP contribution in [-0.2, 0) is 13.6 Å². The number of benzene rings is 3. The molecular formula is C30H32ClN3O3. The Kier molecular flexibility index (Phi) is 8.09. The highest BCUT2D eigenvalue weighted by atomic mass is 35.5. The van der Waals surface area contributed by atoms with Crippen molar-refractivity contribution in [2.75, 3.05) is 19.7 Å². The van der Waals surface area contributed by atoms with Gasteiger partial charge in [0.25, 0.3) is 0 Å². The molecule has 0 radical (unpaired) electrons. The van der Waals surface area contributed by atoms with E-state index in [0.717, 1.165) is 29.1 Å². The lowest BCUT2D eigenvalue weighted by Gasteiger charge is -2.25. The Hall–Kier alpha value is -3.32. The predicted molar refractivity (Wildman–Crippen MR) is 146 cm³/mol. The normalized spacial score (nSPS) is 14.1. The van der Waals surface area contributed by atoms with Gasteiger partial charge < -0.3 is 14.6 Å². The molecule has 0 amide bonds. The van der Waals surface area contributed by atoms with Crippen LogP contribution in [0.4, 0.5) is 0 Å². The van der Waals surface area contributed by atoms with Crippen LogP contribution in [0.1, 0.15) is 18.4 Å². The van der Waals surface area contributed by atoms with E-state index < -0.39 is 6.10 Å². The maximum atomic E-state index is 10.9. The van der Waals surface area contributed by atoms with Gasteiger partial charge in [0.15, 0.2) is 0 Å². The van der Waals surface area contributed by atoms with Gasteiger partial charge in [-0.2, -0.15) is 5.10 Å².